The van der Waals surface area contributed by atoms with Crippen LogP contribution in [-0.4, -0.2) is 18.7 Å². The molecule has 0 spiro atoms. The van der Waals surface area contributed by atoms with Crippen LogP contribution in [0.3, 0.4) is 0 Å². The highest BCUT2D eigenvalue weighted by Crippen LogP contribution is 2.23. The van der Waals surface area contributed by atoms with E-state index in [0.717, 1.165) is 24.8 Å². The van der Waals surface area contributed by atoms with Gasteiger partial charge in [0.25, 0.3) is 0 Å². The molecule has 5 heteroatoms. The molecule has 27 heavy (non-hydrogen) atoms. The van der Waals surface area contributed by atoms with E-state index in [0.29, 0.717) is 5.75 Å². The largest absolute Gasteiger partial charge is 0.519 e. The number of carbonyl (C=O) groups excluding carboxylic acids is 2. The topological polar surface area (TPSA) is 61.8 Å². The van der Waals surface area contributed by atoms with Crippen LogP contribution in [0.4, 0.5) is 4.79 Å². The van der Waals surface area contributed by atoms with Gasteiger partial charge in [0, 0.05) is 0 Å². The summed E-state index contributed by atoms with van der Waals surface area (Å²) < 4.78 is 15.6. The normalized spacial score (nSPS) is 10.3. The minimum absolute atomic E-state index is 0.112. The van der Waals surface area contributed by atoms with Crippen LogP contribution in [0.2, 0.25) is 0 Å². The third kappa shape index (κ3) is 6.44. The molecule has 0 saturated heterocycles. The lowest BCUT2D eigenvalue weighted by molar-refractivity contribution is 0.0522. The van der Waals surface area contributed by atoms with E-state index in [2.05, 4.69) is 6.92 Å². The van der Waals surface area contributed by atoms with Crippen molar-refractivity contribution in [3.05, 3.63) is 59.7 Å². The summed E-state index contributed by atoms with van der Waals surface area (Å²) in [4.78, 5) is 24.2. The zero-order chi connectivity index (χ0) is 19.5. The summed E-state index contributed by atoms with van der Waals surface area (Å²) in [7, 11) is 0. The maximum Gasteiger partial charge on any atom is 0.519 e. The second-order valence-corrected chi connectivity index (χ2v) is 6.09. The fourth-order valence-corrected chi connectivity index (χ4v) is 2.69. The summed E-state index contributed by atoms with van der Waals surface area (Å²) in [6, 6.07) is 13.8. The average Bonchev–Trinajstić information content (AvgIpc) is 2.67. The number of ether oxygens (including phenoxy) is 3. The Hall–Kier alpha value is -2.82. The van der Waals surface area contributed by atoms with Crippen molar-refractivity contribution in [2.75, 3.05) is 6.61 Å². The fourth-order valence-electron chi connectivity index (χ4n) is 2.69. The van der Waals surface area contributed by atoms with E-state index < -0.39 is 12.1 Å². The van der Waals surface area contributed by atoms with Gasteiger partial charge in [-0.05, 0) is 43.5 Å². The van der Waals surface area contributed by atoms with Crippen molar-refractivity contribution in [3.8, 4) is 11.5 Å². The van der Waals surface area contributed by atoms with Crippen LogP contribution < -0.4 is 9.47 Å². The maximum atomic E-state index is 12.2. The molecule has 2 rings (SSSR count). The van der Waals surface area contributed by atoms with Crippen molar-refractivity contribution in [2.45, 2.75) is 46.0 Å². The summed E-state index contributed by atoms with van der Waals surface area (Å²) >= 11 is 0. The van der Waals surface area contributed by atoms with Crippen molar-refractivity contribution in [1.29, 1.82) is 0 Å². The molecule has 0 aromatic heterocycles. The zero-order valence-electron chi connectivity index (χ0n) is 15.9. The molecule has 5 nitrogen and oxygen atoms in total. The van der Waals surface area contributed by atoms with E-state index in [-0.39, 0.29) is 17.9 Å². The molecule has 0 amide bonds. The maximum absolute atomic E-state index is 12.2. The molecule has 0 aliphatic heterocycles. The minimum Gasteiger partial charge on any atom is -0.462 e. The van der Waals surface area contributed by atoms with E-state index in [1.165, 1.54) is 18.9 Å². The van der Waals surface area contributed by atoms with Gasteiger partial charge in [-0.15, -0.1) is 0 Å². The molecule has 2 aromatic carbocycles. The SMILES string of the molecule is CCCCCCc1ccccc1OC(=O)Oc1ccccc1C(=O)OCC. The average molecular weight is 370 g/mol. The van der Waals surface area contributed by atoms with Gasteiger partial charge in [-0.3, -0.25) is 0 Å². The molecule has 144 valence electrons. The Morgan fingerprint density at radius 1 is 0.815 bits per heavy atom. The highest BCUT2D eigenvalue weighted by molar-refractivity contribution is 5.93. The fraction of sp³-hybridized carbons (Fsp3) is 0.364. The first kappa shape index (κ1) is 20.5. The van der Waals surface area contributed by atoms with Crippen LogP contribution in [0, 0.1) is 0 Å². The van der Waals surface area contributed by atoms with Gasteiger partial charge >= 0.3 is 12.1 Å². The first-order chi connectivity index (χ1) is 13.2. The van der Waals surface area contributed by atoms with Crippen molar-refractivity contribution in [1.82, 2.24) is 0 Å². The van der Waals surface area contributed by atoms with Gasteiger partial charge in [0.05, 0.1) is 6.61 Å². The van der Waals surface area contributed by atoms with Gasteiger partial charge in [0.15, 0.2) is 0 Å². The predicted octanol–water partition coefficient (Wildman–Crippen LogP) is 5.56. The van der Waals surface area contributed by atoms with E-state index in [1.54, 1.807) is 31.2 Å². The molecule has 0 aliphatic rings. The molecule has 2 aromatic rings. The number of para-hydroxylation sites is 2. The van der Waals surface area contributed by atoms with Gasteiger partial charge in [0.1, 0.15) is 17.1 Å². The summed E-state index contributed by atoms with van der Waals surface area (Å²) in [5.41, 5.74) is 1.15. The Bertz CT molecular complexity index is 754. The molecule has 0 bridgehead atoms. The molecule has 0 unspecified atom stereocenters. The monoisotopic (exact) mass is 370 g/mol. The van der Waals surface area contributed by atoms with Gasteiger partial charge in [-0.1, -0.05) is 56.5 Å². The van der Waals surface area contributed by atoms with Crippen molar-refractivity contribution < 1.29 is 23.8 Å². The number of carbonyl (C=O) groups is 2. The van der Waals surface area contributed by atoms with Crippen molar-refractivity contribution in [3.63, 3.8) is 0 Å². The standard InChI is InChI=1S/C22H26O5/c1-3-5-6-7-12-17-13-8-10-15-19(17)26-22(24)27-20-16-11-9-14-18(20)21(23)25-4-2/h8-11,13-16H,3-7,12H2,1-2H3. The summed E-state index contributed by atoms with van der Waals surface area (Å²) in [6.07, 6.45) is 4.49. The highest BCUT2D eigenvalue weighted by Gasteiger charge is 2.17. The molecule has 0 N–H and O–H groups in total. The van der Waals surface area contributed by atoms with Crippen LogP contribution in [0.15, 0.2) is 48.5 Å². The predicted molar refractivity (Wildman–Crippen MR) is 103 cm³/mol. The van der Waals surface area contributed by atoms with E-state index in [1.807, 2.05) is 18.2 Å². The Kier molecular flexibility index (Phi) is 8.36. The lowest BCUT2D eigenvalue weighted by Crippen LogP contribution is -2.17. The Morgan fingerprint density at radius 3 is 2.22 bits per heavy atom. The van der Waals surface area contributed by atoms with E-state index in [9.17, 15) is 9.59 Å². The number of hydrogen-bond donors (Lipinski definition) is 0. The molecule has 0 radical (unpaired) electrons. The summed E-state index contributed by atoms with van der Waals surface area (Å²) in [5.74, 6) is 0.0474. The minimum atomic E-state index is -0.882. The lowest BCUT2D eigenvalue weighted by Gasteiger charge is -2.12. The number of aryl methyl sites for hydroxylation is 1. The molecule has 0 heterocycles. The van der Waals surface area contributed by atoms with Crippen LogP contribution >= 0.6 is 0 Å². The second kappa shape index (κ2) is 11.0. The Morgan fingerprint density at radius 2 is 1.48 bits per heavy atom. The van der Waals surface area contributed by atoms with Crippen molar-refractivity contribution in [2.24, 2.45) is 0 Å². The first-order valence-electron chi connectivity index (χ1n) is 9.39. The number of hydrogen-bond acceptors (Lipinski definition) is 5. The van der Waals surface area contributed by atoms with Gasteiger partial charge in [-0.2, -0.15) is 0 Å². The number of unbranched alkanes of at least 4 members (excludes halogenated alkanes) is 3. The lowest BCUT2D eigenvalue weighted by atomic mass is 10.1. The molecule has 0 aliphatic carbocycles. The van der Waals surface area contributed by atoms with Crippen LogP contribution in [-0.2, 0) is 11.2 Å². The molecular weight excluding hydrogens is 344 g/mol. The summed E-state index contributed by atoms with van der Waals surface area (Å²) in [6.45, 7) is 4.12. The number of esters is 1. The Balaban J connectivity index is 2.03. The first-order valence-corrected chi connectivity index (χ1v) is 9.39. The van der Waals surface area contributed by atoms with Gasteiger partial charge in [0.2, 0.25) is 0 Å². The summed E-state index contributed by atoms with van der Waals surface area (Å²) in [5, 5.41) is 0. The smallest absolute Gasteiger partial charge is 0.462 e. The Labute approximate surface area is 160 Å². The van der Waals surface area contributed by atoms with Crippen LogP contribution in [0.1, 0.15) is 55.5 Å². The number of benzene rings is 2. The molecule has 0 fully saturated rings. The quantitative estimate of drug-likeness (QED) is 0.328. The van der Waals surface area contributed by atoms with E-state index in [4.69, 9.17) is 14.2 Å². The van der Waals surface area contributed by atoms with Gasteiger partial charge < -0.3 is 14.2 Å². The molecular formula is C22H26O5. The highest BCUT2D eigenvalue weighted by atomic mass is 16.7. The van der Waals surface area contributed by atoms with E-state index >= 15 is 0 Å². The second-order valence-electron chi connectivity index (χ2n) is 6.09. The number of rotatable bonds is 9. The molecule has 0 saturated carbocycles. The van der Waals surface area contributed by atoms with Crippen LogP contribution in [0.25, 0.3) is 0 Å². The van der Waals surface area contributed by atoms with Crippen molar-refractivity contribution >= 4 is 12.1 Å². The third-order valence-electron chi connectivity index (χ3n) is 4.04. The van der Waals surface area contributed by atoms with Gasteiger partial charge in [-0.25, -0.2) is 9.59 Å². The molecule has 0 atom stereocenters. The zero-order valence-corrected chi connectivity index (χ0v) is 15.9. The van der Waals surface area contributed by atoms with Crippen LogP contribution in [0.5, 0.6) is 11.5 Å². The third-order valence-corrected chi connectivity index (χ3v) is 4.04.